The van der Waals surface area contributed by atoms with E-state index in [9.17, 15) is 13.2 Å². The molecule has 0 saturated carbocycles. The van der Waals surface area contributed by atoms with E-state index >= 15 is 0 Å². The van der Waals surface area contributed by atoms with Crippen molar-refractivity contribution in [3.05, 3.63) is 58.6 Å². The predicted molar refractivity (Wildman–Crippen MR) is 101 cm³/mol. The van der Waals surface area contributed by atoms with E-state index in [-0.39, 0.29) is 15.8 Å². The van der Waals surface area contributed by atoms with Gasteiger partial charge in [-0.2, -0.15) is 13.2 Å². The van der Waals surface area contributed by atoms with Crippen LogP contribution in [-0.4, -0.2) is 5.11 Å². The first-order chi connectivity index (χ1) is 11.8. The maximum Gasteiger partial charge on any atom is 0.417 e. The van der Waals surface area contributed by atoms with Gasteiger partial charge >= 0.3 is 6.18 Å². The van der Waals surface area contributed by atoms with E-state index in [0.29, 0.717) is 0 Å². The smallest absolute Gasteiger partial charge is 0.332 e. The number of thiocarbonyl (C=S) groups is 1. The Kier molecular flexibility index (Phi) is 6.67. The van der Waals surface area contributed by atoms with E-state index in [1.54, 1.807) is 0 Å². The Hall–Kier alpha value is -1.79. The van der Waals surface area contributed by atoms with Crippen molar-refractivity contribution < 1.29 is 13.2 Å². The SMILES string of the molecule is CCCCc1ccc(NC(=S)Nc2ccc(Cl)c(C(F)(F)F)c2)cc1. The Morgan fingerprint density at radius 1 is 1.04 bits per heavy atom. The van der Waals surface area contributed by atoms with Gasteiger partial charge in [-0.05, 0) is 61.0 Å². The molecule has 0 atom stereocenters. The van der Waals surface area contributed by atoms with Crippen LogP contribution in [0.3, 0.4) is 0 Å². The van der Waals surface area contributed by atoms with Crippen molar-refractivity contribution in [3.8, 4) is 0 Å². The first-order valence-corrected chi connectivity index (χ1v) is 8.62. The lowest BCUT2D eigenvalue weighted by molar-refractivity contribution is -0.137. The number of rotatable bonds is 5. The first-order valence-electron chi connectivity index (χ1n) is 7.83. The second kappa shape index (κ2) is 8.54. The molecule has 0 unspecified atom stereocenters. The number of anilines is 2. The molecular weight excluding hydrogens is 369 g/mol. The van der Waals surface area contributed by atoms with Crippen LogP contribution in [0.25, 0.3) is 0 Å². The summed E-state index contributed by atoms with van der Waals surface area (Å²) in [5, 5.41) is 5.55. The van der Waals surface area contributed by atoms with Gasteiger partial charge in [0.25, 0.3) is 0 Å². The molecule has 0 aliphatic heterocycles. The van der Waals surface area contributed by atoms with E-state index < -0.39 is 11.7 Å². The highest BCUT2D eigenvalue weighted by Crippen LogP contribution is 2.36. The molecule has 0 aliphatic rings. The van der Waals surface area contributed by atoms with Gasteiger partial charge in [0.05, 0.1) is 10.6 Å². The number of nitrogens with one attached hydrogen (secondary N) is 2. The molecule has 0 fully saturated rings. The summed E-state index contributed by atoms with van der Waals surface area (Å²) in [4.78, 5) is 0. The quantitative estimate of drug-likeness (QED) is 0.573. The summed E-state index contributed by atoms with van der Waals surface area (Å²) in [7, 11) is 0. The van der Waals surface area contributed by atoms with Gasteiger partial charge in [-0.1, -0.05) is 37.1 Å². The standard InChI is InChI=1S/C18H18ClF3N2S/c1-2-3-4-12-5-7-13(8-6-12)23-17(25)24-14-9-10-16(19)15(11-14)18(20,21)22/h5-11H,2-4H2,1H3,(H2,23,24,25). The van der Waals surface area contributed by atoms with Crippen LogP contribution in [0.5, 0.6) is 0 Å². The minimum atomic E-state index is -4.52. The second-order valence-corrected chi connectivity index (χ2v) is 6.39. The van der Waals surface area contributed by atoms with Crippen molar-refractivity contribution in [1.82, 2.24) is 0 Å². The van der Waals surface area contributed by atoms with Gasteiger partial charge in [0.15, 0.2) is 5.11 Å². The molecule has 0 heterocycles. The van der Waals surface area contributed by atoms with Gasteiger partial charge in [0.1, 0.15) is 0 Å². The third-order valence-corrected chi connectivity index (χ3v) is 4.09. The molecule has 2 nitrogen and oxygen atoms in total. The number of hydrogen-bond donors (Lipinski definition) is 2. The molecule has 134 valence electrons. The summed E-state index contributed by atoms with van der Waals surface area (Å²) >= 11 is 10.8. The van der Waals surface area contributed by atoms with E-state index in [1.165, 1.54) is 17.7 Å². The van der Waals surface area contributed by atoms with Crippen LogP contribution in [0.15, 0.2) is 42.5 Å². The van der Waals surface area contributed by atoms with Gasteiger partial charge in [0.2, 0.25) is 0 Å². The molecule has 0 saturated heterocycles. The number of unbranched alkanes of at least 4 members (excludes halogenated alkanes) is 1. The second-order valence-electron chi connectivity index (χ2n) is 5.57. The van der Waals surface area contributed by atoms with E-state index in [0.717, 1.165) is 31.0 Å². The van der Waals surface area contributed by atoms with Crippen LogP contribution < -0.4 is 10.6 Å². The molecule has 0 aliphatic carbocycles. The van der Waals surface area contributed by atoms with Crippen molar-refractivity contribution in [2.75, 3.05) is 10.6 Å². The number of alkyl halides is 3. The van der Waals surface area contributed by atoms with Crippen LogP contribution in [0.1, 0.15) is 30.9 Å². The van der Waals surface area contributed by atoms with Crippen molar-refractivity contribution in [3.63, 3.8) is 0 Å². The highest BCUT2D eigenvalue weighted by Gasteiger charge is 2.33. The number of halogens is 4. The summed E-state index contributed by atoms with van der Waals surface area (Å²) in [5.74, 6) is 0. The number of hydrogen-bond acceptors (Lipinski definition) is 1. The average Bonchev–Trinajstić information content (AvgIpc) is 2.55. The van der Waals surface area contributed by atoms with E-state index in [4.69, 9.17) is 23.8 Å². The Bertz CT molecular complexity index is 730. The molecule has 0 radical (unpaired) electrons. The van der Waals surface area contributed by atoms with Crippen LogP contribution in [0.2, 0.25) is 5.02 Å². The first kappa shape index (κ1) is 19.5. The largest absolute Gasteiger partial charge is 0.417 e. The van der Waals surface area contributed by atoms with E-state index in [1.807, 2.05) is 24.3 Å². The molecule has 0 spiro atoms. The Morgan fingerprint density at radius 3 is 2.24 bits per heavy atom. The summed E-state index contributed by atoms with van der Waals surface area (Å²) < 4.78 is 38.6. The van der Waals surface area contributed by atoms with Crippen LogP contribution in [0.4, 0.5) is 24.5 Å². The summed E-state index contributed by atoms with van der Waals surface area (Å²) in [6.07, 6.45) is -1.23. The summed E-state index contributed by atoms with van der Waals surface area (Å²) in [6.45, 7) is 2.14. The monoisotopic (exact) mass is 386 g/mol. The fourth-order valence-electron chi connectivity index (χ4n) is 2.25. The topological polar surface area (TPSA) is 24.1 Å². The van der Waals surface area contributed by atoms with Crippen LogP contribution in [0, 0.1) is 0 Å². The van der Waals surface area contributed by atoms with Crippen molar-refractivity contribution in [1.29, 1.82) is 0 Å². The highest BCUT2D eigenvalue weighted by atomic mass is 35.5. The Morgan fingerprint density at radius 2 is 1.64 bits per heavy atom. The number of benzene rings is 2. The molecule has 7 heteroatoms. The summed E-state index contributed by atoms with van der Waals surface area (Å²) in [6, 6.07) is 11.4. The molecule has 2 N–H and O–H groups in total. The average molecular weight is 387 g/mol. The zero-order chi connectivity index (χ0) is 18.4. The van der Waals surface area contributed by atoms with Crippen molar-refractivity contribution in [2.45, 2.75) is 32.4 Å². The van der Waals surface area contributed by atoms with E-state index in [2.05, 4.69) is 17.6 Å². The van der Waals surface area contributed by atoms with Crippen LogP contribution >= 0.6 is 23.8 Å². The van der Waals surface area contributed by atoms with Gasteiger partial charge in [0, 0.05) is 11.4 Å². The molecule has 25 heavy (non-hydrogen) atoms. The lowest BCUT2D eigenvalue weighted by Crippen LogP contribution is -2.19. The highest BCUT2D eigenvalue weighted by molar-refractivity contribution is 7.80. The molecular formula is C18H18ClF3N2S. The molecule has 2 aromatic carbocycles. The van der Waals surface area contributed by atoms with Gasteiger partial charge in [-0.25, -0.2) is 0 Å². The summed E-state index contributed by atoms with van der Waals surface area (Å²) in [5.41, 5.74) is 1.32. The van der Waals surface area contributed by atoms with Gasteiger partial charge in [-0.3, -0.25) is 0 Å². The maximum atomic E-state index is 12.9. The minimum absolute atomic E-state index is 0.205. The molecule has 0 bridgehead atoms. The lowest BCUT2D eigenvalue weighted by Gasteiger charge is -2.14. The third kappa shape index (κ3) is 5.90. The fraction of sp³-hybridized carbons (Fsp3) is 0.278. The number of aryl methyl sites for hydroxylation is 1. The lowest BCUT2D eigenvalue weighted by atomic mass is 10.1. The van der Waals surface area contributed by atoms with Crippen molar-refractivity contribution >= 4 is 40.3 Å². The Balaban J connectivity index is 2.00. The fourth-order valence-corrected chi connectivity index (χ4v) is 2.71. The third-order valence-electron chi connectivity index (χ3n) is 3.56. The normalized spacial score (nSPS) is 11.2. The zero-order valence-electron chi connectivity index (χ0n) is 13.6. The molecule has 2 rings (SSSR count). The van der Waals surface area contributed by atoms with Crippen LogP contribution in [-0.2, 0) is 12.6 Å². The van der Waals surface area contributed by atoms with Gasteiger partial charge < -0.3 is 10.6 Å². The zero-order valence-corrected chi connectivity index (χ0v) is 15.2. The minimum Gasteiger partial charge on any atom is -0.332 e. The van der Waals surface area contributed by atoms with Crippen molar-refractivity contribution in [2.24, 2.45) is 0 Å². The predicted octanol–water partition coefficient (Wildman–Crippen LogP) is 6.51. The van der Waals surface area contributed by atoms with Gasteiger partial charge in [-0.15, -0.1) is 0 Å². The Labute approximate surface area is 155 Å². The molecule has 0 aromatic heterocycles. The molecule has 2 aromatic rings. The molecule has 0 amide bonds. The maximum absolute atomic E-state index is 12.9.